The van der Waals surface area contributed by atoms with Crippen molar-refractivity contribution in [3.05, 3.63) is 17.8 Å². The Balaban J connectivity index is 1.95. The lowest BCUT2D eigenvalue weighted by atomic mass is 10.1. The second-order valence-electron chi connectivity index (χ2n) is 3.78. The molecule has 0 saturated carbocycles. The molecule has 0 amide bonds. The Morgan fingerprint density at radius 2 is 2.64 bits per heavy atom. The molecule has 1 aromatic rings. The summed E-state index contributed by atoms with van der Waals surface area (Å²) in [4.78, 5) is 4.25. The minimum absolute atomic E-state index is 0.523. The lowest BCUT2D eigenvalue weighted by Crippen LogP contribution is -2.03. The molecule has 2 heterocycles. The van der Waals surface area contributed by atoms with Crippen LogP contribution in [0.1, 0.15) is 31.0 Å². The average molecular weight is 213 g/mol. The monoisotopic (exact) mass is 213 g/mol. The molecule has 3 nitrogen and oxygen atoms in total. The number of hydrogen-bond acceptors (Lipinski definition) is 4. The molecular formula is C10H15NO2S. The van der Waals surface area contributed by atoms with Crippen LogP contribution in [0.3, 0.4) is 0 Å². The Morgan fingerprint density at radius 3 is 3.21 bits per heavy atom. The zero-order chi connectivity index (χ0) is 9.97. The molecule has 0 bridgehead atoms. The highest BCUT2D eigenvalue weighted by Gasteiger charge is 2.19. The van der Waals surface area contributed by atoms with E-state index in [-0.39, 0.29) is 0 Å². The van der Waals surface area contributed by atoms with Gasteiger partial charge in [0.25, 0.3) is 0 Å². The second kappa shape index (κ2) is 4.36. The Morgan fingerprint density at radius 1 is 1.79 bits per heavy atom. The predicted molar refractivity (Wildman–Crippen MR) is 56.3 cm³/mol. The summed E-state index contributed by atoms with van der Waals surface area (Å²) in [7, 11) is 0. The van der Waals surface area contributed by atoms with Gasteiger partial charge in [0.15, 0.2) is 5.89 Å². The van der Waals surface area contributed by atoms with E-state index in [0.717, 1.165) is 12.3 Å². The van der Waals surface area contributed by atoms with Crippen molar-refractivity contribution in [1.29, 1.82) is 0 Å². The van der Waals surface area contributed by atoms with Crippen molar-refractivity contribution >= 4 is 11.8 Å². The van der Waals surface area contributed by atoms with E-state index in [1.165, 1.54) is 17.9 Å². The summed E-state index contributed by atoms with van der Waals surface area (Å²) in [5, 5.41) is 9.27. The molecule has 0 aliphatic carbocycles. The van der Waals surface area contributed by atoms with Gasteiger partial charge in [0.2, 0.25) is 0 Å². The molecule has 0 aromatic carbocycles. The van der Waals surface area contributed by atoms with Gasteiger partial charge in [-0.25, -0.2) is 4.98 Å². The Labute approximate surface area is 87.9 Å². The standard InChI is InChI=1S/C10H15NO2S/c1-7(12)9-5-13-10(11-9)4-8-2-3-14-6-8/h5,7-8,12H,2-4,6H2,1H3. The molecule has 1 aliphatic heterocycles. The summed E-state index contributed by atoms with van der Waals surface area (Å²) < 4.78 is 5.31. The van der Waals surface area contributed by atoms with E-state index in [4.69, 9.17) is 4.42 Å². The zero-order valence-corrected chi connectivity index (χ0v) is 9.09. The Hall–Kier alpha value is -0.480. The molecule has 2 rings (SSSR count). The van der Waals surface area contributed by atoms with Gasteiger partial charge in [0, 0.05) is 6.42 Å². The van der Waals surface area contributed by atoms with Crippen molar-refractivity contribution in [2.75, 3.05) is 11.5 Å². The highest BCUT2D eigenvalue weighted by Crippen LogP contribution is 2.26. The summed E-state index contributed by atoms with van der Waals surface area (Å²) in [5.41, 5.74) is 0.644. The number of aliphatic hydroxyl groups is 1. The third-order valence-corrected chi connectivity index (χ3v) is 3.72. The van der Waals surface area contributed by atoms with Crippen LogP contribution in [-0.4, -0.2) is 21.6 Å². The first-order chi connectivity index (χ1) is 6.75. The average Bonchev–Trinajstić information content (AvgIpc) is 2.75. The SMILES string of the molecule is CC(O)c1coc(CC2CCSC2)n1. The second-order valence-corrected chi connectivity index (χ2v) is 4.93. The highest BCUT2D eigenvalue weighted by molar-refractivity contribution is 7.99. The van der Waals surface area contributed by atoms with Crippen LogP contribution >= 0.6 is 11.8 Å². The first-order valence-electron chi connectivity index (χ1n) is 4.96. The molecule has 0 spiro atoms. The number of oxazole rings is 1. The molecule has 1 saturated heterocycles. The van der Waals surface area contributed by atoms with Crippen molar-refractivity contribution in [3.8, 4) is 0 Å². The molecule has 2 unspecified atom stereocenters. The molecule has 0 radical (unpaired) electrons. The van der Waals surface area contributed by atoms with Crippen molar-refractivity contribution in [1.82, 2.24) is 4.98 Å². The van der Waals surface area contributed by atoms with Crippen LogP contribution in [0.2, 0.25) is 0 Å². The molecule has 1 fully saturated rings. The minimum atomic E-state index is -0.523. The normalized spacial score (nSPS) is 24.0. The maximum Gasteiger partial charge on any atom is 0.194 e. The molecular weight excluding hydrogens is 198 g/mol. The zero-order valence-electron chi connectivity index (χ0n) is 8.27. The number of hydrogen-bond donors (Lipinski definition) is 1. The third-order valence-electron chi connectivity index (χ3n) is 2.48. The largest absolute Gasteiger partial charge is 0.449 e. The fraction of sp³-hybridized carbons (Fsp3) is 0.700. The molecule has 4 heteroatoms. The first kappa shape index (κ1) is 10.1. The number of rotatable bonds is 3. The minimum Gasteiger partial charge on any atom is -0.449 e. The topological polar surface area (TPSA) is 46.3 Å². The van der Waals surface area contributed by atoms with E-state index >= 15 is 0 Å². The van der Waals surface area contributed by atoms with Gasteiger partial charge in [-0.3, -0.25) is 0 Å². The maximum atomic E-state index is 9.27. The van der Waals surface area contributed by atoms with E-state index in [0.29, 0.717) is 11.6 Å². The van der Waals surface area contributed by atoms with Crippen LogP contribution in [-0.2, 0) is 6.42 Å². The molecule has 14 heavy (non-hydrogen) atoms. The van der Waals surface area contributed by atoms with Crippen LogP contribution in [0.5, 0.6) is 0 Å². The predicted octanol–water partition coefficient (Wildman–Crippen LogP) is 2.02. The molecule has 78 valence electrons. The Bertz CT molecular complexity index is 292. The summed E-state index contributed by atoms with van der Waals surface area (Å²) in [6, 6.07) is 0. The molecule has 1 aliphatic rings. The van der Waals surface area contributed by atoms with Gasteiger partial charge in [-0.1, -0.05) is 0 Å². The van der Waals surface area contributed by atoms with Crippen LogP contribution in [0.25, 0.3) is 0 Å². The quantitative estimate of drug-likeness (QED) is 0.834. The fourth-order valence-electron chi connectivity index (χ4n) is 1.60. The summed E-state index contributed by atoms with van der Waals surface area (Å²) in [6.07, 6.45) is 3.21. The van der Waals surface area contributed by atoms with Crippen molar-refractivity contribution in [2.45, 2.75) is 25.9 Å². The van der Waals surface area contributed by atoms with Gasteiger partial charge in [-0.15, -0.1) is 0 Å². The summed E-state index contributed by atoms with van der Waals surface area (Å²) >= 11 is 2.00. The third kappa shape index (κ3) is 2.30. The first-order valence-corrected chi connectivity index (χ1v) is 6.11. The summed E-state index contributed by atoms with van der Waals surface area (Å²) in [6.45, 7) is 1.70. The van der Waals surface area contributed by atoms with Crippen LogP contribution in [0.4, 0.5) is 0 Å². The van der Waals surface area contributed by atoms with E-state index in [1.54, 1.807) is 13.2 Å². The van der Waals surface area contributed by atoms with Gasteiger partial charge >= 0.3 is 0 Å². The van der Waals surface area contributed by atoms with E-state index in [1.807, 2.05) is 11.8 Å². The smallest absolute Gasteiger partial charge is 0.194 e. The van der Waals surface area contributed by atoms with Gasteiger partial charge in [-0.2, -0.15) is 11.8 Å². The van der Waals surface area contributed by atoms with Crippen molar-refractivity contribution in [3.63, 3.8) is 0 Å². The highest BCUT2D eigenvalue weighted by atomic mass is 32.2. The van der Waals surface area contributed by atoms with E-state index < -0.39 is 6.10 Å². The lowest BCUT2D eigenvalue weighted by Gasteiger charge is -2.02. The van der Waals surface area contributed by atoms with Gasteiger partial charge < -0.3 is 9.52 Å². The van der Waals surface area contributed by atoms with Crippen LogP contribution in [0, 0.1) is 5.92 Å². The van der Waals surface area contributed by atoms with Gasteiger partial charge in [-0.05, 0) is 30.8 Å². The number of thioether (sulfide) groups is 1. The Kier molecular flexibility index (Phi) is 3.13. The van der Waals surface area contributed by atoms with E-state index in [2.05, 4.69) is 4.98 Å². The fourth-order valence-corrected chi connectivity index (χ4v) is 2.89. The van der Waals surface area contributed by atoms with Crippen LogP contribution in [0.15, 0.2) is 10.7 Å². The maximum absolute atomic E-state index is 9.27. The van der Waals surface area contributed by atoms with Gasteiger partial charge in [0.05, 0.1) is 6.10 Å². The van der Waals surface area contributed by atoms with Crippen LogP contribution < -0.4 is 0 Å². The summed E-state index contributed by atoms with van der Waals surface area (Å²) in [5.74, 6) is 3.95. The lowest BCUT2D eigenvalue weighted by molar-refractivity contribution is 0.194. The van der Waals surface area contributed by atoms with Crippen molar-refractivity contribution < 1.29 is 9.52 Å². The number of aliphatic hydroxyl groups excluding tert-OH is 1. The van der Waals surface area contributed by atoms with E-state index in [9.17, 15) is 5.11 Å². The molecule has 1 N–H and O–H groups in total. The number of nitrogens with zero attached hydrogens (tertiary/aromatic N) is 1. The molecule has 1 aromatic heterocycles. The van der Waals surface area contributed by atoms with Gasteiger partial charge in [0.1, 0.15) is 12.0 Å². The number of aromatic nitrogens is 1. The molecule has 2 atom stereocenters. The van der Waals surface area contributed by atoms with Crippen molar-refractivity contribution in [2.24, 2.45) is 5.92 Å².